The van der Waals surface area contributed by atoms with Crippen molar-refractivity contribution in [2.45, 2.75) is 45.7 Å². The standard InChI is InChI=1S/C26H36N6O/c1-18(2)23-15-21(22-16-27-32(19(3)4)25(22)28-23)26(33)29-24(20-9-7-6-8-10-20)17-31-13-11-30(5)12-14-31/h6-10,15-16,18-19,24H,11-14,17H2,1-5H3,(H,29,33). The third-order valence-corrected chi connectivity index (χ3v) is 6.46. The highest BCUT2D eigenvalue weighted by Gasteiger charge is 2.24. The lowest BCUT2D eigenvalue weighted by Gasteiger charge is -2.35. The van der Waals surface area contributed by atoms with Gasteiger partial charge in [0.25, 0.3) is 5.91 Å². The zero-order valence-corrected chi connectivity index (χ0v) is 20.5. The summed E-state index contributed by atoms with van der Waals surface area (Å²) in [6.07, 6.45) is 1.78. The first-order valence-corrected chi connectivity index (χ1v) is 12.0. The zero-order valence-electron chi connectivity index (χ0n) is 20.5. The number of rotatable bonds is 7. The van der Waals surface area contributed by atoms with Crippen molar-refractivity contribution in [1.29, 1.82) is 0 Å². The number of piperazine rings is 1. The van der Waals surface area contributed by atoms with Gasteiger partial charge in [-0.25, -0.2) is 9.67 Å². The van der Waals surface area contributed by atoms with Crippen molar-refractivity contribution < 1.29 is 4.79 Å². The molecule has 176 valence electrons. The second-order valence-electron chi connectivity index (χ2n) is 9.71. The van der Waals surface area contributed by atoms with Crippen LogP contribution in [0.25, 0.3) is 11.0 Å². The third kappa shape index (κ3) is 5.25. The van der Waals surface area contributed by atoms with E-state index in [1.807, 2.05) is 28.9 Å². The lowest BCUT2D eigenvalue weighted by atomic mass is 10.0. The van der Waals surface area contributed by atoms with Gasteiger partial charge in [-0.2, -0.15) is 5.10 Å². The SMILES string of the molecule is CC(C)c1cc(C(=O)NC(CN2CCN(C)CC2)c2ccccc2)c2cnn(C(C)C)c2n1. The van der Waals surface area contributed by atoms with Crippen LogP contribution in [0.5, 0.6) is 0 Å². The number of hydrogen-bond donors (Lipinski definition) is 1. The van der Waals surface area contributed by atoms with Crippen LogP contribution in [-0.2, 0) is 0 Å². The average Bonchev–Trinajstić information content (AvgIpc) is 3.24. The van der Waals surface area contributed by atoms with Gasteiger partial charge in [0.05, 0.1) is 23.2 Å². The van der Waals surface area contributed by atoms with Gasteiger partial charge in [0.15, 0.2) is 5.65 Å². The molecule has 1 saturated heterocycles. The lowest BCUT2D eigenvalue weighted by Crippen LogP contribution is -2.47. The Labute approximate surface area is 196 Å². The Morgan fingerprint density at radius 3 is 2.39 bits per heavy atom. The van der Waals surface area contributed by atoms with Gasteiger partial charge < -0.3 is 10.2 Å². The summed E-state index contributed by atoms with van der Waals surface area (Å²) in [5.41, 5.74) is 3.45. The highest BCUT2D eigenvalue weighted by Crippen LogP contribution is 2.25. The summed E-state index contributed by atoms with van der Waals surface area (Å²) in [7, 11) is 2.16. The van der Waals surface area contributed by atoms with Crippen molar-refractivity contribution >= 4 is 16.9 Å². The number of aromatic nitrogens is 3. The predicted octanol–water partition coefficient (Wildman–Crippen LogP) is 3.85. The topological polar surface area (TPSA) is 66.3 Å². The minimum Gasteiger partial charge on any atom is -0.344 e. The zero-order chi connectivity index (χ0) is 23.5. The van der Waals surface area contributed by atoms with Gasteiger partial charge in [-0.15, -0.1) is 0 Å². The van der Waals surface area contributed by atoms with E-state index >= 15 is 0 Å². The molecule has 0 aliphatic carbocycles. The Kier molecular flexibility index (Phi) is 7.10. The number of carbonyl (C=O) groups excluding carboxylic acids is 1. The van der Waals surface area contributed by atoms with E-state index in [-0.39, 0.29) is 23.9 Å². The van der Waals surface area contributed by atoms with Crippen LogP contribution < -0.4 is 5.32 Å². The number of likely N-dealkylation sites (N-methyl/N-ethyl adjacent to an activating group) is 1. The summed E-state index contributed by atoms with van der Waals surface area (Å²) in [6.45, 7) is 13.3. The van der Waals surface area contributed by atoms with Crippen LogP contribution in [-0.4, -0.2) is 70.2 Å². The highest BCUT2D eigenvalue weighted by molar-refractivity contribution is 6.05. The monoisotopic (exact) mass is 448 g/mol. The number of fused-ring (bicyclic) bond motifs is 1. The maximum atomic E-state index is 13.7. The molecule has 1 aromatic carbocycles. The number of nitrogens with zero attached hydrogens (tertiary/aromatic N) is 5. The maximum Gasteiger partial charge on any atom is 0.252 e. The van der Waals surface area contributed by atoms with Crippen LogP contribution in [0.3, 0.4) is 0 Å². The van der Waals surface area contributed by atoms with Crippen molar-refractivity contribution in [3.8, 4) is 0 Å². The van der Waals surface area contributed by atoms with Gasteiger partial charge >= 0.3 is 0 Å². The van der Waals surface area contributed by atoms with Crippen LogP contribution in [0.4, 0.5) is 0 Å². The van der Waals surface area contributed by atoms with E-state index in [0.717, 1.165) is 55.0 Å². The van der Waals surface area contributed by atoms with Crippen molar-refractivity contribution in [2.24, 2.45) is 0 Å². The third-order valence-electron chi connectivity index (χ3n) is 6.46. The van der Waals surface area contributed by atoms with Crippen LogP contribution >= 0.6 is 0 Å². The van der Waals surface area contributed by atoms with Crippen molar-refractivity contribution in [3.05, 3.63) is 59.4 Å². The summed E-state index contributed by atoms with van der Waals surface area (Å²) >= 11 is 0. The molecule has 1 N–H and O–H groups in total. The molecule has 1 unspecified atom stereocenters. The predicted molar refractivity (Wildman–Crippen MR) is 133 cm³/mol. The molecule has 1 aliphatic heterocycles. The minimum absolute atomic E-state index is 0.0735. The maximum absolute atomic E-state index is 13.7. The molecule has 7 nitrogen and oxygen atoms in total. The first-order chi connectivity index (χ1) is 15.8. The molecule has 4 rings (SSSR count). The van der Waals surface area contributed by atoms with Crippen LogP contribution in [0.1, 0.15) is 67.3 Å². The van der Waals surface area contributed by atoms with Crippen molar-refractivity contribution in [1.82, 2.24) is 29.9 Å². The molecule has 2 aromatic heterocycles. The van der Waals surface area contributed by atoms with E-state index in [1.54, 1.807) is 6.20 Å². The molecular formula is C26H36N6O. The number of carbonyl (C=O) groups is 1. The molecule has 0 bridgehead atoms. The molecule has 1 aliphatic rings. The van der Waals surface area contributed by atoms with E-state index in [1.165, 1.54) is 0 Å². The van der Waals surface area contributed by atoms with Gasteiger partial charge in [-0.3, -0.25) is 9.69 Å². The normalized spacial score (nSPS) is 16.6. The molecule has 3 aromatic rings. The van der Waals surface area contributed by atoms with Gasteiger partial charge in [0.2, 0.25) is 0 Å². The molecule has 1 atom stereocenters. The smallest absolute Gasteiger partial charge is 0.252 e. The van der Waals surface area contributed by atoms with Crippen LogP contribution in [0.15, 0.2) is 42.6 Å². The molecule has 0 spiro atoms. The number of benzene rings is 1. The second kappa shape index (κ2) is 10.0. The summed E-state index contributed by atoms with van der Waals surface area (Å²) < 4.78 is 1.90. The van der Waals surface area contributed by atoms with E-state index < -0.39 is 0 Å². The molecular weight excluding hydrogens is 412 g/mol. The quantitative estimate of drug-likeness (QED) is 0.595. The Hall–Kier alpha value is -2.77. The molecule has 3 heterocycles. The molecule has 0 saturated carbocycles. The van der Waals surface area contributed by atoms with E-state index in [4.69, 9.17) is 4.98 Å². The van der Waals surface area contributed by atoms with E-state index in [9.17, 15) is 4.79 Å². The van der Waals surface area contributed by atoms with Gasteiger partial charge in [-0.05, 0) is 38.4 Å². The fourth-order valence-electron chi connectivity index (χ4n) is 4.34. The fraction of sp³-hybridized carbons (Fsp3) is 0.500. The number of pyridine rings is 1. The minimum atomic E-state index is -0.0898. The second-order valence-corrected chi connectivity index (χ2v) is 9.71. The summed E-state index contributed by atoms with van der Waals surface area (Å²) in [5.74, 6) is 0.141. The van der Waals surface area contributed by atoms with Gasteiger partial charge in [0.1, 0.15) is 0 Å². The molecule has 0 radical (unpaired) electrons. The summed E-state index contributed by atoms with van der Waals surface area (Å²) in [4.78, 5) is 23.3. The van der Waals surface area contributed by atoms with Gasteiger partial charge in [0, 0.05) is 44.5 Å². The first kappa shape index (κ1) is 23.4. The van der Waals surface area contributed by atoms with Crippen molar-refractivity contribution in [3.63, 3.8) is 0 Å². The Morgan fingerprint density at radius 1 is 1.06 bits per heavy atom. The average molecular weight is 449 g/mol. The van der Waals surface area contributed by atoms with Crippen molar-refractivity contribution in [2.75, 3.05) is 39.8 Å². The fourth-order valence-corrected chi connectivity index (χ4v) is 4.34. The van der Waals surface area contributed by atoms with E-state index in [0.29, 0.717) is 5.56 Å². The number of hydrogen-bond acceptors (Lipinski definition) is 5. The lowest BCUT2D eigenvalue weighted by molar-refractivity contribution is 0.0908. The number of nitrogens with one attached hydrogen (secondary N) is 1. The Balaban J connectivity index is 1.66. The summed E-state index contributed by atoms with van der Waals surface area (Å²) in [6, 6.07) is 12.3. The Morgan fingerprint density at radius 2 is 1.76 bits per heavy atom. The highest BCUT2D eigenvalue weighted by atomic mass is 16.1. The molecule has 33 heavy (non-hydrogen) atoms. The van der Waals surface area contributed by atoms with Crippen LogP contribution in [0, 0.1) is 0 Å². The molecule has 1 fully saturated rings. The number of amides is 1. The molecule has 1 amide bonds. The molecule has 7 heteroatoms. The first-order valence-electron chi connectivity index (χ1n) is 12.0. The van der Waals surface area contributed by atoms with E-state index in [2.05, 4.69) is 67.1 Å². The van der Waals surface area contributed by atoms with Crippen LogP contribution in [0.2, 0.25) is 0 Å². The van der Waals surface area contributed by atoms with Gasteiger partial charge in [-0.1, -0.05) is 44.2 Å². The Bertz CT molecular complexity index is 1080. The summed E-state index contributed by atoms with van der Waals surface area (Å²) in [5, 5.41) is 8.69. The largest absolute Gasteiger partial charge is 0.344 e.